The predicted octanol–water partition coefficient (Wildman–Crippen LogP) is 3.96. The molecule has 0 fully saturated rings. The zero-order valence-corrected chi connectivity index (χ0v) is 33.5. The maximum Gasteiger partial charge on any atom is 0.276 e. The third kappa shape index (κ3) is 8.50. The molecule has 7 rings (SSSR count). The van der Waals surface area contributed by atoms with Crippen LogP contribution in [0.1, 0.15) is 66.7 Å². The van der Waals surface area contributed by atoms with E-state index in [1.54, 1.807) is 54.2 Å². The van der Waals surface area contributed by atoms with Crippen LogP contribution in [0.3, 0.4) is 0 Å². The number of alkyl halides is 2. The molecule has 0 bridgehead atoms. The number of aliphatic hydroxyl groups is 2. The van der Waals surface area contributed by atoms with Crippen LogP contribution in [0.4, 0.5) is 20.7 Å². The average molecular weight is 843 g/mol. The third-order valence-corrected chi connectivity index (χ3v) is 9.72. The van der Waals surface area contributed by atoms with Gasteiger partial charge in [0.15, 0.2) is 6.23 Å². The number of primary amides is 2. The largest absolute Gasteiger partial charge is 0.491 e. The molecule has 0 saturated heterocycles. The van der Waals surface area contributed by atoms with Gasteiger partial charge in [-0.3, -0.25) is 29.1 Å². The number of fused-ring (bicyclic) bond motifs is 4. The van der Waals surface area contributed by atoms with Crippen LogP contribution in [-0.2, 0) is 26.2 Å². The van der Waals surface area contributed by atoms with Crippen molar-refractivity contribution in [2.45, 2.75) is 59.6 Å². The third-order valence-electron chi connectivity index (χ3n) is 9.72. The summed E-state index contributed by atoms with van der Waals surface area (Å²) in [7, 11) is 0. The Morgan fingerprint density at radius 1 is 0.869 bits per heavy atom. The number of halogens is 2. The van der Waals surface area contributed by atoms with E-state index in [1.165, 1.54) is 33.6 Å². The minimum Gasteiger partial charge on any atom is -0.491 e. The van der Waals surface area contributed by atoms with E-state index in [1.807, 2.05) is 0 Å². The van der Waals surface area contributed by atoms with Crippen LogP contribution < -0.4 is 26.8 Å². The standard InChI is InChI=1S/C40H44F2N12O7/c1-21-15-29(53(49-21)11-7-41)37(58)47-39-46-28-20-26(36(44)57)34-25(17-23(3)61-34)32(28)51(39)9-4-5-10-52-33-27(18-24(35(43)56)19-31(33)60-14-6-13-55)45-40(52)48-38(59)30-16-22(2)50-54(30)12-8-42/h4-5,15-20,38,55,59H,6-14H2,1-3H3,(H2,43,56)(H2,44,57)(H,45,48)(H,46,47,58)/b5-4+. The van der Waals surface area contributed by atoms with Crippen LogP contribution in [-0.4, -0.2) is 93.2 Å². The molecular weight excluding hydrogens is 799 g/mol. The van der Waals surface area contributed by atoms with Crippen LogP contribution in [0, 0.1) is 20.8 Å². The van der Waals surface area contributed by atoms with Gasteiger partial charge in [0.1, 0.15) is 41.7 Å². The van der Waals surface area contributed by atoms with Crippen molar-refractivity contribution >= 4 is 62.7 Å². The summed E-state index contributed by atoms with van der Waals surface area (Å²) in [5.74, 6) is -1.10. The summed E-state index contributed by atoms with van der Waals surface area (Å²) >= 11 is 0. The van der Waals surface area contributed by atoms with Gasteiger partial charge in [0.05, 0.1) is 58.9 Å². The summed E-state index contributed by atoms with van der Waals surface area (Å²) in [6, 6.07) is 9.31. The Morgan fingerprint density at radius 3 is 2.21 bits per heavy atom. The summed E-state index contributed by atoms with van der Waals surface area (Å²) < 4.78 is 44.8. The quantitative estimate of drug-likeness (QED) is 0.0384. The number of nitrogens with zero attached hydrogens (tertiary/aromatic N) is 8. The Bertz CT molecular complexity index is 2820. The second kappa shape index (κ2) is 17.6. The van der Waals surface area contributed by atoms with Gasteiger partial charge in [-0.25, -0.2) is 18.7 Å². The topological polar surface area (TPSA) is 261 Å². The van der Waals surface area contributed by atoms with Gasteiger partial charge in [-0.05, 0) is 57.2 Å². The van der Waals surface area contributed by atoms with Crippen molar-refractivity contribution in [1.29, 1.82) is 0 Å². The van der Waals surface area contributed by atoms with Gasteiger partial charge in [0.25, 0.3) is 11.8 Å². The lowest BCUT2D eigenvalue weighted by atomic mass is 10.1. The number of benzene rings is 2. The minimum atomic E-state index is -1.40. The van der Waals surface area contributed by atoms with Gasteiger partial charge < -0.3 is 45.3 Å². The number of amides is 3. The molecule has 320 valence electrons. The van der Waals surface area contributed by atoms with Crippen molar-refractivity contribution in [1.82, 2.24) is 38.7 Å². The molecule has 0 aliphatic heterocycles. The number of aryl methyl sites for hydroxylation is 5. The Balaban J connectivity index is 1.30. The molecule has 0 radical (unpaired) electrons. The van der Waals surface area contributed by atoms with Gasteiger partial charge in [-0.1, -0.05) is 12.2 Å². The van der Waals surface area contributed by atoms with Crippen LogP contribution in [0.25, 0.3) is 33.0 Å². The Hall–Kier alpha value is -7.13. The van der Waals surface area contributed by atoms with Crippen molar-refractivity contribution in [3.8, 4) is 5.75 Å². The molecule has 21 heteroatoms. The van der Waals surface area contributed by atoms with Gasteiger partial charge in [-0.2, -0.15) is 10.2 Å². The zero-order chi connectivity index (χ0) is 43.5. The summed E-state index contributed by atoms with van der Waals surface area (Å²) in [5, 5.41) is 35.7. The number of nitrogens with two attached hydrogens (primary N) is 2. The Kier molecular flexibility index (Phi) is 12.1. The molecule has 0 spiro atoms. The number of allylic oxidation sites excluding steroid dienone is 2. The highest BCUT2D eigenvalue weighted by Crippen LogP contribution is 2.35. The molecular formula is C40H44F2N12O7. The molecule has 0 aliphatic rings. The average Bonchev–Trinajstić information content (AvgIpc) is 4.03. The van der Waals surface area contributed by atoms with E-state index >= 15 is 0 Å². The highest BCUT2D eigenvalue weighted by Gasteiger charge is 2.25. The number of hydrogen-bond acceptors (Lipinski definition) is 12. The molecule has 61 heavy (non-hydrogen) atoms. The van der Waals surface area contributed by atoms with Crippen molar-refractivity contribution < 1.29 is 42.5 Å². The molecule has 3 amide bonds. The molecule has 1 unspecified atom stereocenters. The first-order valence-electron chi connectivity index (χ1n) is 19.2. The minimum absolute atomic E-state index is 0.0860. The van der Waals surface area contributed by atoms with Crippen molar-refractivity contribution in [3.63, 3.8) is 0 Å². The summed E-state index contributed by atoms with van der Waals surface area (Å²) in [6.07, 6.45) is 2.45. The lowest BCUT2D eigenvalue weighted by Gasteiger charge is -2.17. The highest BCUT2D eigenvalue weighted by atomic mass is 19.1. The Labute approximate surface area is 345 Å². The molecule has 0 saturated carbocycles. The summed E-state index contributed by atoms with van der Waals surface area (Å²) in [6.45, 7) is 3.56. The zero-order valence-electron chi connectivity index (χ0n) is 33.5. The lowest BCUT2D eigenvalue weighted by molar-refractivity contribution is 0.0992. The number of ether oxygens (including phenoxy) is 1. The van der Waals surface area contributed by atoms with E-state index in [0.717, 1.165) is 0 Å². The van der Waals surface area contributed by atoms with Gasteiger partial charge in [-0.15, -0.1) is 0 Å². The van der Waals surface area contributed by atoms with E-state index in [-0.39, 0.29) is 91.6 Å². The maximum absolute atomic E-state index is 13.7. The molecule has 19 nitrogen and oxygen atoms in total. The number of aromatic nitrogens is 8. The van der Waals surface area contributed by atoms with E-state index in [9.17, 15) is 33.4 Å². The molecule has 5 heterocycles. The molecule has 2 aromatic carbocycles. The van der Waals surface area contributed by atoms with E-state index in [0.29, 0.717) is 44.6 Å². The molecule has 1 atom stereocenters. The number of furan rings is 1. The number of rotatable bonds is 19. The lowest BCUT2D eigenvalue weighted by Crippen LogP contribution is -2.20. The highest BCUT2D eigenvalue weighted by molar-refractivity contribution is 6.14. The van der Waals surface area contributed by atoms with E-state index in [4.69, 9.17) is 25.6 Å². The van der Waals surface area contributed by atoms with Crippen molar-refractivity contribution in [3.05, 3.63) is 88.2 Å². The van der Waals surface area contributed by atoms with Crippen molar-refractivity contribution in [2.24, 2.45) is 11.5 Å². The smallest absolute Gasteiger partial charge is 0.276 e. The number of hydrogen-bond donors (Lipinski definition) is 6. The van der Waals surface area contributed by atoms with E-state index in [2.05, 4.69) is 25.8 Å². The van der Waals surface area contributed by atoms with Gasteiger partial charge >= 0.3 is 0 Å². The number of anilines is 2. The van der Waals surface area contributed by atoms with Crippen LogP contribution in [0.15, 0.2) is 53.0 Å². The fraction of sp³-hybridized carbons (Fsp3) is 0.325. The second-order valence-corrected chi connectivity index (χ2v) is 14.2. The number of carbonyl (C=O) groups is 3. The van der Waals surface area contributed by atoms with Gasteiger partial charge in [0.2, 0.25) is 17.8 Å². The Morgan fingerprint density at radius 2 is 1.52 bits per heavy atom. The van der Waals surface area contributed by atoms with Gasteiger partial charge in [0, 0.05) is 37.1 Å². The summed E-state index contributed by atoms with van der Waals surface area (Å²) in [5.41, 5.74) is 14.9. The predicted molar refractivity (Wildman–Crippen MR) is 220 cm³/mol. The second-order valence-electron chi connectivity index (χ2n) is 14.2. The normalized spacial score (nSPS) is 12.3. The first-order chi connectivity index (χ1) is 29.3. The van der Waals surface area contributed by atoms with Crippen molar-refractivity contribution in [2.75, 3.05) is 37.2 Å². The molecule has 0 aliphatic carbocycles. The number of carbonyl (C=O) groups excluding carboxylic acids is 3. The fourth-order valence-electron chi connectivity index (χ4n) is 7.17. The van der Waals surface area contributed by atoms with Crippen LogP contribution in [0.5, 0.6) is 5.75 Å². The number of aliphatic hydroxyl groups excluding tert-OH is 2. The SMILES string of the molecule is Cc1cc(C(=O)Nc2nc3cc(C(N)=O)c4oc(C)cc4c3n2C/C=C/Cn2c(NC(O)c3cc(C)nn3CCF)nc3cc(C(N)=O)cc(OCCCO)c32)n(CCF)n1. The first kappa shape index (κ1) is 42.0. The van der Waals surface area contributed by atoms with Crippen LogP contribution >= 0.6 is 0 Å². The molecule has 7 aromatic rings. The monoisotopic (exact) mass is 842 g/mol. The molecule has 8 N–H and O–H groups in total. The van der Waals surface area contributed by atoms with E-state index < -0.39 is 37.3 Å². The maximum atomic E-state index is 13.7. The number of imidazole rings is 2. The summed E-state index contributed by atoms with van der Waals surface area (Å²) in [4.78, 5) is 48.0. The van der Waals surface area contributed by atoms with Crippen LogP contribution in [0.2, 0.25) is 0 Å². The molecule has 5 aromatic heterocycles. The fourth-order valence-corrected chi connectivity index (χ4v) is 7.17. The number of nitrogens with one attached hydrogen (secondary N) is 2. The first-order valence-corrected chi connectivity index (χ1v) is 19.2.